The SMILES string of the molecule is NCCN.[Cl-].[Cl-].[Cl-].[Cr+3]. The molecule has 0 aromatic rings. The third-order valence-electron chi connectivity index (χ3n) is 0.167. The van der Waals surface area contributed by atoms with E-state index in [2.05, 4.69) is 0 Å². The summed E-state index contributed by atoms with van der Waals surface area (Å²) < 4.78 is 0. The summed E-state index contributed by atoms with van der Waals surface area (Å²) in [5.74, 6) is 0. The topological polar surface area (TPSA) is 52.0 Å². The van der Waals surface area contributed by atoms with Crippen LogP contribution in [-0.4, -0.2) is 13.1 Å². The van der Waals surface area contributed by atoms with Gasteiger partial charge < -0.3 is 48.7 Å². The van der Waals surface area contributed by atoms with E-state index >= 15 is 0 Å². The zero-order valence-electron chi connectivity index (χ0n) is 4.11. The molecule has 0 saturated heterocycles. The first-order valence-electron chi connectivity index (χ1n) is 1.32. The molecule has 0 aromatic carbocycles. The van der Waals surface area contributed by atoms with E-state index in [1.54, 1.807) is 0 Å². The molecule has 0 unspecified atom stereocenters. The molecule has 0 fully saturated rings. The van der Waals surface area contributed by atoms with E-state index in [4.69, 9.17) is 11.5 Å². The molecule has 0 spiro atoms. The fourth-order valence-corrected chi connectivity index (χ4v) is 0. The van der Waals surface area contributed by atoms with Gasteiger partial charge in [-0.15, -0.1) is 0 Å². The molecule has 0 aliphatic rings. The molecule has 53 valence electrons. The number of hydrogen-bond acceptors (Lipinski definition) is 2. The van der Waals surface area contributed by atoms with Crippen LogP contribution in [0.3, 0.4) is 0 Å². The van der Waals surface area contributed by atoms with Crippen molar-refractivity contribution in [1.82, 2.24) is 0 Å². The van der Waals surface area contributed by atoms with E-state index in [1.807, 2.05) is 0 Å². The van der Waals surface area contributed by atoms with Crippen molar-refractivity contribution in [3.63, 3.8) is 0 Å². The molecule has 0 heterocycles. The van der Waals surface area contributed by atoms with Gasteiger partial charge >= 0.3 is 17.4 Å². The van der Waals surface area contributed by atoms with Gasteiger partial charge in [0.15, 0.2) is 0 Å². The Morgan fingerprint density at radius 3 is 0.875 bits per heavy atom. The third kappa shape index (κ3) is 54.3. The van der Waals surface area contributed by atoms with Crippen molar-refractivity contribution >= 4 is 0 Å². The minimum absolute atomic E-state index is 0. The van der Waals surface area contributed by atoms with Crippen LogP contribution in [0, 0.1) is 0 Å². The Morgan fingerprint density at radius 2 is 0.875 bits per heavy atom. The summed E-state index contributed by atoms with van der Waals surface area (Å²) in [6.45, 7) is 1.19. The molecule has 0 aromatic heterocycles. The second-order valence-corrected chi connectivity index (χ2v) is 0.577. The smallest absolute Gasteiger partial charge is 1.00 e. The molecule has 8 heavy (non-hydrogen) atoms. The van der Waals surface area contributed by atoms with Crippen LogP contribution in [0.25, 0.3) is 0 Å². The molecule has 0 bridgehead atoms. The standard InChI is InChI=1S/C2H8N2.3ClH.Cr/c3-1-2-4;;;;/h1-4H2;3*1H;/q;;;;+3/p-3. The largest absolute Gasteiger partial charge is 3.00 e. The summed E-state index contributed by atoms with van der Waals surface area (Å²) in [7, 11) is 0. The Morgan fingerprint density at radius 1 is 0.750 bits per heavy atom. The molecule has 0 rings (SSSR count). The molecular formula is C2H8Cl3CrN2. The molecule has 0 amide bonds. The van der Waals surface area contributed by atoms with Crippen molar-refractivity contribution in [2.24, 2.45) is 11.5 Å². The van der Waals surface area contributed by atoms with Crippen LogP contribution in [0.1, 0.15) is 0 Å². The maximum Gasteiger partial charge on any atom is 3.00 e. The fraction of sp³-hybridized carbons (Fsp3) is 1.00. The van der Waals surface area contributed by atoms with Crippen LogP contribution in [0.5, 0.6) is 0 Å². The second-order valence-electron chi connectivity index (χ2n) is 0.577. The Balaban J connectivity index is -0.00000000750. The fourth-order valence-electron chi connectivity index (χ4n) is 0. The number of hydrogen-bond donors (Lipinski definition) is 2. The molecule has 0 aliphatic heterocycles. The van der Waals surface area contributed by atoms with Gasteiger partial charge in [0.2, 0.25) is 0 Å². The van der Waals surface area contributed by atoms with Crippen LogP contribution < -0.4 is 48.7 Å². The van der Waals surface area contributed by atoms with Gasteiger partial charge in [0.1, 0.15) is 0 Å². The van der Waals surface area contributed by atoms with Crippen LogP contribution in [0.4, 0.5) is 0 Å². The van der Waals surface area contributed by atoms with E-state index in [0.29, 0.717) is 13.1 Å². The van der Waals surface area contributed by atoms with Crippen molar-refractivity contribution < 1.29 is 54.6 Å². The van der Waals surface area contributed by atoms with Gasteiger partial charge in [-0.25, -0.2) is 0 Å². The van der Waals surface area contributed by atoms with Crippen LogP contribution in [0.2, 0.25) is 0 Å². The summed E-state index contributed by atoms with van der Waals surface area (Å²) in [4.78, 5) is 0. The van der Waals surface area contributed by atoms with E-state index in [1.165, 1.54) is 0 Å². The van der Waals surface area contributed by atoms with E-state index in [0.717, 1.165) is 0 Å². The number of halogens is 3. The van der Waals surface area contributed by atoms with Gasteiger partial charge in [0.25, 0.3) is 0 Å². The van der Waals surface area contributed by atoms with Crippen LogP contribution >= 0.6 is 0 Å². The second kappa shape index (κ2) is 40.4. The van der Waals surface area contributed by atoms with E-state index in [9.17, 15) is 0 Å². The summed E-state index contributed by atoms with van der Waals surface area (Å²) in [5.41, 5.74) is 9.81. The molecular weight excluding hydrogens is 210 g/mol. The van der Waals surface area contributed by atoms with Crippen molar-refractivity contribution in [3.8, 4) is 0 Å². The van der Waals surface area contributed by atoms with Crippen molar-refractivity contribution in [3.05, 3.63) is 0 Å². The molecule has 1 radical (unpaired) electrons. The average molecular weight is 218 g/mol. The zero-order valence-corrected chi connectivity index (χ0v) is 7.65. The first-order valence-corrected chi connectivity index (χ1v) is 1.32. The zero-order chi connectivity index (χ0) is 3.41. The molecule has 6 heteroatoms. The van der Waals surface area contributed by atoms with Gasteiger partial charge in [-0.1, -0.05) is 0 Å². The van der Waals surface area contributed by atoms with Crippen molar-refractivity contribution in [2.45, 2.75) is 0 Å². The van der Waals surface area contributed by atoms with Crippen LogP contribution in [0.15, 0.2) is 0 Å². The summed E-state index contributed by atoms with van der Waals surface area (Å²) in [5, 5.41) is 0. The molecule has 4 N–H and O–H groups in total. The minimum atomic E-state index is 0. The van der Waals surface area contributed by atoms with Gasteiger partial charge in [-0.2, -0.15) is 0 Å². The summed E-state index contributed by atoms with van der Waals surface area (Å²) >= 11 is 0. The Labute approximate surface area is 79.1 Å². The predicted octanol–water partition coefficient (Wildman–Crippen LogP) is -10.1. The summed E-state index contributed by atoms with van der Waals surface area (Å²) in [6, 6.07) is 0. The quantitative estimate of drug-likeness (QED) is 0.459. The Kier molecular flexibility index (Phi) is 175. The molecule has 0 aliphatic carbocycles. The van der Waals surface area contributed by atoms with Gasteiger partial charge in [-0.3, -0.25) is 0 Å². The normalized spacial score (nSPS) is 3.75. The predicted molar refractivity (Wildman–Crippen MR) is 18.1 cm³/mol. The van der Waals surface area contributed by atoms with Gasteiger partial charge in [0, 0.05) is 13.1 Å². The number of rotatable bonds is 1. The molecule has 0 atom stereocenters. The van der Waals surface area contributed by atoms with Crippen LogP contribution in [-0.2, 0) is 17.4 Å². The third-order valence-corrected chi connectivity index (χ3v) is 0.167. The first kappa shape index (κ1) is 34.6. The Hall–Kier alpha value is 1.32. The Bertz CT molecular complexity index is 17.2. The molecule has 0 saturated carbocycles. The van der Waals surface area contributed by atoms with E-state index < -0.39 is 0 Å². The maximum absolute atomic E-state index is 4.90. The minimum Gasteiger partial charge on any atom is -1.00 e. The van der Waals surface area contributed by atoms with Crippen molar-refractivity contribution in [2.75, 3.05) is 13.1 Å². The van der Waals surface area contributed by atoms with Crippen molar-refractivity contribution in [1.29, 1.82) is 0 Å². The summed E-state index contributed by atoms with van der Waals surface area (Å²) in [6.07, 6.45) is 0. The monoisotopic (exact) mass is 217 g/mol. The number of nitrogens with two attached hydrogens (primary N) is 2. The molecule has 2 nitrogen and oxygen atoms in total. The van der Waals surface area contributed by atoms with E-state index in [-0.39, 0.29) is 54.6 Å². The maximum atomic E-state index is 4.90. The average Bonchev–Trinajstić information content (AvgIpc) is 1.37. The first-order chi connectivity index (χ1) is 1.91. The van der Waals surface area contributed by atoms with Gasteiger partial charge in [0.05, 0.1) is 0 Å². The van der Waals surface area contributed by atoms with Gasteiger partial charge in [-0.05, 0) is 0 Å².